The highest BCUT2D eigenvalue weighted by molar-refractivity contribution is 5.80. The van der Waals surface area contributed by atoms with E-state index < -0.39 is 0 Å². The van der Waals surface area contributed by atoms with Crippen LogP contribution in [0, 0.1) is 0 Å². The molecule has 0 spiro atoms. The monoisotopic (exact) mass is 244 g/mol. The normalized spacial score (nSPS) is 14.6. The molecule has 0 bridgehead atoms. The van der Waals surface area contributed by atoms with Gasteiger partial charge in [0.15, 0.2) is 0 Å². The first-order chi connectivity index (χ1) is 8.04. The highest BCUT2D eigenvalue weighted by atomic mass is 16.4. The number of nitrogens with two attached hydrogens (primary N) is 1. The van der Waals surface area contributed by atoms with Crippen molar-refractivity contribution in [1.29, 1.82) is 0 Å². The Hall–Kier alpha value is -0.810. The van der Waals surface area contributed by atoms with E-state index in [1.54, 1.807) is 0 Å². The summed E-state index contributed by atoms with van der Waals surface area (Å²) < 4.78 is 0. The van der Waals surface area contributed by atoms with Crippen molar-refractivity contribution >= 4 is 5.84 Å². The third-order valence-electron chi connectivity index (χ3n) is 3.02. The zero-order valence-corrected chi connectivity index (χ0v) is 11.7. The molecule has 5 nitrogen and oxygen atoms in total. The van der Waals surface area contributed by atoms with Crippen LogP contribution in [-0.2, 0) is 0 Å². The van der Waals surface area contributed by atoms with E-state index in [9.17, 15) is 0 Å². The topological polar surface area (TPSA) is 65.1 Å². The highest BCUT2D eigenvalue weighted by Crippen LogP contribution is 2.09. The van der Waals surface area contributed by atoms with Crippen LogP contribution < -0.4 is 5.73 Å². The summed E-state index contributed by atoms with van der Waals surface area (Å²) >= 11 is 0. The van der Waals surface area contributed by atoms with Crippen LogP contribution in [0.4, 0.5) is 0 Å². The minimum atomic E-state index is 0.322. The SMILES string of the molecule is CCC(CC(N)=NO)N(CC)CCCN(C)C. The van der Waals surface area contributed by atoms with Crippen molar-refractivity contribution in [3.8, 4) is 0 Å². The Labute approximate surface area is 105 Å². The van der Waals surface area contributed by atoms with Gasteiger partial charge in [-0.3, -0.25) is 0 Å². The molecule has 1 atom stereocenters. The molecule has 3 N–H and O–H groups in total. The van der Waals surface area contributed by atoms with E-state index in [0.29, 0.717) is 18.3 Å². The van der Waals surface area contributed by atoms with Crippen LogP contribution in [0.15, 0.2) is 5.16 Å². The minimum absolute atomic E-state index is 0.322. The molecular formula is C12H28N4O. The number of hydrogen-bond donors (Lipinski definition) is 2. The maximum absolute atomic E-state index is 8.62. The Morgan fingerprint density at radius 2 is 1.94 bits per heavy atom. The summed E-state index contributed by atoms with van der Waals surface area (Å²) in [7, 11) is 4.17. The van der Waals surface area contributed by atoms with Gasteiger partial charge in [-0.2, -0.15) is 0 Å². The molecule has 0 aromatic rings. The average Bonchev–Trinajstić information content (AvgIpc) is 2.31. The molecule has 0 saturated carbocycles. The average molecular weight is 244 g/mol. The lowest BCUT2D eigenvalue weighted by Crippen LogP contribution is -2.39. The van der Waals surface area contributed by atoms with Gasteiger partial charge >= 0.3 is 0 Å². The quantitative estimate of drug-likeness (QED) is 0.277. The first-order valence-electron chi connectivity index (χ1n) is 6.40. The van der Waals surface area contributed by atoms with Crippen molar-refractivity contribution in [1.82, 2.24) is 9.80 Å². The molecular weight excluding hydrogens is 216 g/mol. The van der Waals surface area contributed by atoms with E-state index in [1.165, 1.54) is 0 Å². The van der Waals surface area contributed by atoms with E-state index in [0.717, 1.165) is 32.5 Å². The molecule has 0 heterocycles. The van der Waals surface area contributed by atoms with Gasteiger partial charge in [0.2, 0.25) is 0 Å². The second-order valence-corrected chi connectivity index (χ2v) is 4.64. The molecule has 0 saturated heterocycles. The Bertz CT molecular complexity index is 219. The van der Waals surface area contributed by atoms with Gasteiger partial charge in [-0.05, 0) is 46.6 Å². The fourth-order valence-corrected chi connectivity index (χ4v) is 2.00. The predicted molar refractivity (Wildman–Crippen MR) is 72.5 cm³/mol. The van der Waals surface area contributed by atoms with Crippen LogP contribution in [0.25, 0.3) is 0 Å². The summed E-state index contributed by atoms with van der Waals surface area (Å²) in [5.74, 6) is 0.322. The lowest BCUT2D eigenvalue weighted by Gasteiger charge is -2.30. The largest absolute Gasteiger partial charge is 0.409 e. The summed E-state index contributed by atoms with van der Waals surface area (Å²) in [5.41, 5.74) is 5.58. The maximum Gasteiger partial charge on any atom is 0.140 e. The molecule has 0 radical (unpaired) electrons. The zero-order valence-electron chi connectivity index (χ0n) is 11.7. The predicted octanol–water partition coefficient (Wildman–Crippen LogP) is 1.18. The zero-order chi connectivity index (χ0) is 13.3. The van der Waals surface area contributed by atoms with Crippen LogP contribution in [0.1, 0.15) is 33.1 Å². The molecule has 0 aromatic heterocycles. The van der Waals surface area contributed by atoms with E-state index in [1.807, 2.05) is 0 Å². The fourth-order valence-electron chi connectivity index (χ4n) is 2.00. The van der Waals surface area contributed by atoms with Gasteiger partial charge in [-0.25, -0.2) is 0 Å². The highest BCUT2D eigenvalue weighted by Gasteiger charge is 2.16. The molecule has 0 aliphatic carbocycles. The molecule has 5 heteroatoms. The fraction of sp³-hybridized carbons (Fsp3) is 0.917. The van der Waals surface area contributed by atoms with Crippen LogP contribution in [0.2, 0.25) is 0 Å². The lowest BCUT2D eigenvalue weighted by atomic mass is 10.1. The van der Waals surface area contributed by atoms with E-state index in [4.69, 9.17) is 10.9 Å². The molecule has 0 aliphatic rings. The van der Waals surface area contributed by atoms with Gasteiger partial charge in [-0.15, -0.1) is 0 Å². The molecule has 1 unspecified atom stereocenters. The van der Waals surface area contributed by atoms with Gasteiger partial charge in [0, 0.05) is 12.5 Å². The summed E-state index contributed by atoms with van der Waals surface area (Å²) in [6, 6.07) is 0.373. The van der Waals surface area contributed by atoms with E-state index in [-0.39, 0.29) is 0 Å². The summed E-state index contributed by atoms with van der Waals surface area (Å²) in [4.78, 5) is 4.60. The molecule has 102 valence electrons. The molecule has 17 heavy (non-hydrogen) atoms. The van der Waals surface area contributed by atoms with Crippen molar-refractivity contribution in [3.63, 3.8) is 0 Å². The van der Waals surface area contributed by atoms with Crippen molar-refractivity contribution in [2.24, 2.45) is 10.9 Å². The molecule has 0 aromatic carbocycles. The Morgan fingerprint density at radius 1 is 1.29 bits per heavy atom. The number of rotatable bonds is 9. The van der Waals surface area contributed by atoms with Crippen LogP contribution in [-0.4, -0.2) is 60.6 Å². The van der Waals surface area contributed by atoms with Crippen molar-refractivity contribution in [3.05, 3.63) is 0 Å². The van der Waals surface area contributed by atoms with Crippen LogP contribution in [0.3, 0.4) is 0 Å². The second kappa shape index (κ2) is 9.24. The van der Waals surface area contributed by atoms with Crippen molar-refractivity contribution in [2.75, 3.05) is 33.7 Å². The van der Waals surface area contributed by atoms with E-state index in [2.05, 4.69) is 42.9 Å². The van der Waals surface area contributed by atoms with Gasteiger partial charge in [0.05, 0.1) is 0 Å². The summed E-state index contributed by atoms with van der Waals surface area (Å²) in [5, 5.41) is 11.7. The van der Waals surface area contributed by atoms with Gasteiger partial charge in [-0.1, -0.05) is 19.0 Å². The second-order valence-electron chi connectivity index (χ2n) is 4.64. The Kier molecular flexibility index (Phi) is 8.80. The van der Waals surface area contributed by atoms with Gasteiger partial charge in [0.25, 0.3) is 0 Å². The number of oxime groups is 1. The molecule has 0 fully saturated rings. The molecule has 0 aliphatic heterocycles. The standard InChI is InChI=1S/C12H28N4O/c1-5-11(10-12(13)14-17)16(6-2)9-7-8-15(3)4/h11,17H,5-10H2,1-4H3,(H2,13,14). The van der Waals surface area contributed by atoms with Crippen LogP contribution >= 0.6 is 0 Å². The first kappa shape index (κ1) is 16.2. The molecule has 0 amide bonds. The van der Waals surface area contributed by atoms with Crippen LogP contribution in [0.5, 0.6) is 0 Å². The minimum Gasteiger partial charge on any atom is -0.409 e. The third-order valence-corrected chi connectivity index (χ3v) is 3.02. The molecule has 0 rings (SSSR count). The van der Waals surface area contributed by atoms with Gasteiger partial charge < -0.3 is 20.7 Å². The number of amidine groups is 1. The Morgan fingerprint density at radius 3 is 2.35 bits per heavy atom. The van der Waals surface area contributed by atoms with E-state index >= 15 is 0 Å². The third kappa shape index (κ3) is 7.18. The number of nitrogens with zero attached hydrogens (tertiary/aromatic N) is 3. The summed E-state index contributed by atoms with van der Waals surface area (Å²) in [6.07, 6.45) is 2.81. The number of hydrogen-bond acceptors (Lipinski definition) is 4. The first-order valence-corrected chi connectivity index (χ1v) is 6.40. The van der Waals surface area contributed by atoms with Crippen molar-refractivity contribution < 1.29 is 5.21 Å². The Balaban J connectivity index is 4.18. The summed E-state index contributed by atoms with van der Waals surface area (Å²) in [6.45, 7) is 7.46. The smallest absolute Gasteiger partial charge is 0.140 e. The van der Waals surface area contributed by atoms with Crippen molar-refractivity contribution in [2.45, 2.75) is 39.2 Å². The lowest BCUT2D eigenvalue weighted by molar-refractivity contribution is 0.193. The van der Waals surface area contributed by atoms with Gasteiger partial charge in [0.1, 0.15) is 5.84 Å². The maximum atomic E-state index is 8.62.